The highest BCUT2D eigenvalue weighted by Crippen LogP contribution is 2.43. The average Bonchev–Trinajstić information content (AvgIpc) is 2.74. The second-order valence-corrected chi connectivity index (χ2v) is 10.3. The van der Waals surface area contributed by atoms with Crippen molar-refractivity contribution in [3.05, 3.63) is 65.6 Å². The quantitative estimate of drug-likeness (QED) is 0.330. The van der Waals surface area contributed by atoms with Gasteiger partial charge in [0, 0.05) is 5.41 Å². The van der Waals surface area contributed by atoms with Crippen molar-refractivity contribution in [2.45, 2.75) is 18.7 Å². The fourth-order valence-electron chi connectivity index (χ4n) is 3.08. The lowest BCUT2D eigenvalue weighted by atomic mass is 9.99. The van der Waals surface area contributed by atoms with Gasteiger partial charge in [-0.1, -0.05) is 30.8 Å². The van der Waals surface area contributed by atoms with Crippen LogP contribution in [-0.4, -0.2) is 32.4 Å². The molecule has 0 aliphatic carbocycles. The maximum atomic E-state index is 12.3. The van der Waals surface area contributed by atoms with E-state index in [1.165, 1.54) is 24.3 Å². The van der Waals surface area contributed by atoms with Gasteiger partial charge in [-0.2, -0.15) is 8.42 Å². The number of nitrogens with one attached hydrogen (secondary N) is 1. The van der Waals surface area contributed by atoms with Gasteiger partial charge < -0.3 is 10.4 Å². The Hall–Kier alpha value is -3.28. The summed E-state index contributed by atoms with van der Waals surface area (Å²) in [6.45, 7) is 6.86. The summed E-state index contributed by atoms with van der Waals surface area (Å²) in [4.78, 5) is -0.109. The number of phenolic OH excluding ortho intramolecular Hbond substituents is 1. The Morgan fingerprint density at radius 2 is 1.75 bits per heavy atom. The molecule has 32 heavy (non-hydrogen) atoms. The van der Waals surface area contributed by atoms with Crippen LogP contribution in [0.3, 0.4) is 0 Å². The zero-order valence-electron chi connectivity index (χ0n) is 17.3. The number of benzene rings is 3. The van der Waals surface area contributed by atoms with E-state index >= 15 is 0 Å². The van der Waals surface area contributed by atoms with Crippen molar-refractivity contribution in [3.63, 3.8) is 0 Å². The molecule has 9 nitrogen and oxygen atoms in total. The first-order valence-corrected chi connectivity index (χ1v) is 12.4. The number of sulfone groups is 1. The standard InChI is InChI=1S/C21H21N3O6S2/c1-4-31(26,27)18-8-6-5-7-16(18)23-24-20-17(22-12-32(28,29)30)10-9-15-11-13(2)14(3)21(25)19(15)20/h4-11,22,25H,1,12H2,2-3H3,(H,28,29,30). The highest BCUT2D eigenvalue weighted by Gasteiger charge is 2.18. The van der Waals surface area contributed by atoms with Gasteiger partial charge in [-0.15, -0.1) is 10.2 Å². The van der Waals surface area contributed by atoms with Crippen molar-refractivity contribution in [2.24, 2.45) is 10.2 Å². The van der Waals surface area contributed by atoms with Gasteiger partial charge >= 0.3 is 0 Å². The predicted molar refractivity (Wildman–Crippen MR) is 123 cm³/mol. The molecule has 11 heteroatoms. The van der Waals surface area contributed by atoms with E-state index in [1.807, 2.05) is 13.0 Å². The molecule has 0 aliphatic rings. The molecule has 0 bridgehead atoms. The van der Waals surface area contributed by atoms with Gasteiger partial charge in [0.1, 0.15) is 23.0 Å². The summed E-state index contributed by atoms with van der Waals surface area (Å²) >= 11 is 0. The second-order valence-electron chi connectivity index (χ2n) is 7.01. The van der Waals surface area contributed by atoms with Crippen molar-refractivity contribution >= 4 is 47.8 Å². The van der Waals surface area contributed by atoms with Crippen LogP contribution in [0.25, 0.3) is 10.8 Å². The second kappa shape index (κ2) is 8.69. The molecular weight excluding hydrogens is 454 g/mol. The Balaban J connectivity index is 2.26. The maximum absolute atomic E-state index is 12.3. The molecule has 0 aliphatic heterocycles. The minimum Gasteiger partial charge on any atom is -0.507 e. The third kappa shape index (κ3) is 4.79. The molecule has 3 aromatic rings. The largest absolute Gasteiger partial charge is 0.507 e. The van der Waals surface area contributed by atoms with Crippen LogP contribution in [-0.2, 0) is 20.0 Å². The number of aromatic hydroxyl groups is 1. The summed E-state index contributed by atoms with van der Waals surface area (Å²) in [6, 6.07) is 10.9. The van der Waals surface area contributed by atoms with Gasteiger partial charge in [0.25, 0.3) is 10.1 Å². The maximum Gasteiger partial charge on any atom is 0.283 e. The predicted octanol–water partition coefficient (Wildman–Crippen LogP) is 4.75. The molecule has 0 aromatic heterocycles. The minimum absolute atomic E-state index is 0.0356. The molecule has 168 valence electrons. The molecule has 0 saturated carbocycles. The van der Waals surface area contributed by atoms with Crippen LogP contribution in [0.4, 0.5) is 17.1 Å². The van der Waals surface area contributed by atoms with Crippen molar-refractivity contribution in [1.29, 1.82) is 0 Å². The lowest BCUT2D eigenvalue weighted by molar-refractivity contribution is 0.477. The van der Waals surface area contributed by atoms with Crippen LogP contribution in [0, 0.1) is 13.8 Å². The summed E-state index contributed by atoms with van der Waals surface area (Å²) in [7, 11) is -8.15. The van der Waals surface area contributed by atoms with Crippen LogP contribution < -0.4 is 5.32 Å². The molecule has 3 rings (SSSR count). The molecule has 3 aromatic carbocycles. The normalized spacial score (nSPS) is 12.3. The smallest absolute Gasteiger partial charge is 0.283 e. The summed E-state index contributed by atoms with van der Waals surface area (Å²) in [6.07, 6.45) is 0. The Bertz CT molecular complexity index is 1460. The molecule has 3 N–H and O–H groups in total. The number of aryl methyl sites for hydroxylation is 1. The molecule has 0 radical (unpaired) electrons. The van der Waals surface area contributed by atoms with Gasteiger partial charge in [-0.25, -0.2) is 8.42 Å². The van der Waals surface area contributed by atoms with Gasteiger partial charge in [0.05, 0.1) is 16.0 Å². The van der Waals surface area contributed by atoms with Crippen molar-refractivity contribution in [2.75, 3.05) is 11.2 Å². The average molecular weight is 476 g/mol. The molecule has 0 atom stereocenters. The van der Waals surface area contributed by atoms with E-state index in [1.54, 1.807) is 19.1 Å². The van der Waals surface area contributed by atoms with Crippen molar-refractivity contribution in [1.82, 2.24) is 0 Å². The van der Waals surface area contributed by atoms with E-state index in [0.29, 0.717) is 16.3 Å². The van der Waals surface area contributed by atoms with Gasteiger partial charge in [-0.05, 0) is 48.6 Å². The number of fused-ring (bicyclic) bond motifs is 1. The van der Waals surface area contributed by atoms with Gasteiger partial charge in [-0.3, -0.25) is 4.55 Å². The van der Waals surface area contributed by atoms with E-state index in [9.17, 15) is 21.9 Å². The van der Waals surface area contributed by atoms with Crippen LogP contribution in [0.1, 0.15) is 11.1 Å². The van der Waals surface area contributed by atoms with Gasteiger partial charge in [0.15, 0.2) is 0 Å². The molecule has 0 heterocycles. The monoisotopic (exact) mass is 475 g/mol. The summed E-state index contributed by atoms with van der Waals surface area (Å²) in [5, 5.41) is 23.3. The number of rotatable bonds is 7. The zero-order valence-corrected chi connectivity index (χ0v) is 18.9. The number of anilines is 1. The molecule has 0 spiro atoms. The molecule has 0 fully saturated rings. The molecule has 0 amide bonds. The van der Waals surface area contributed by atoms with Gasteiger partial charge in [0.2, 0.25) is 9.84 Å². The minimum atomic E-state index is -4.35. The lowest BCUT2D eigenvalue weighted by Crippen LogP contribution is -2.13. The molecular formula is C21H21N3O6S2. The number of nitrogens with zero attached hydrogens (tertiary/aromatic N) is 2. The van der Waals surface area contributed by atoms with Crippen LogP contribution >= 0.6 is 0 Å². The highest BCUT2D eigenvalue weighted by molar-refractivity contribution is 7.94. The van der Waals surface area contributed by atoms with E-state index < -0.39 is 25.8 Å². The lowest BCUT2D eigenvalue weighted by Gasteiger charge is -2.14. The third-order valence-electron chi connectivity index (χ3n) is 4.86. The van der Waals surface area contributed by atoms with Crippen LogP contribution in [0.5, 0.6) is 5.75 Å². The Morgan fingerprint density at radius 1 is 1.06 bits per heavy atom. The number of azo groups is 1. The van der Waals surface area contributed by atoms with E-state index in [2.05, 4.69) is 22.1 Å². The van der Waals surface area contributed by atoms with Crippen molar-refractivity contribution in [3.8, 4) is 5.75 Å². The first kappa shape index (κ1) is 23.4. The SMILES string of the molecule is C=CS(=O)(=O)c1ccccc1N=Nc1c(NCS(=O)(=O)O)ccc2cc(C)c(C)c(O)c12. The molecule has 0 saturated heterocycles. The topological polar surface area (TPSA) is 145 Å². The number of phenols is 1. The van der Waals surface area contributed by atoms with E-state index in [-0.39, 0.29) is 27.7 Å². The first-order valence-electron chi connectivity index (χ1n) is 9.28. The van der Waals surface area contributed by atoms with Crippen LogP contribution in [0.2, 0.25) is 0 Å². The summed E-state index contributed by atoms with van der Waals surface area (Å²) < 4.78 is 56.2. The first-order chi connectivity index (χ1) is 14.9. The number of hydrogen-bond acceptors (Lipinski definition) is 8. The summed E-state index contributed by atoms with van der Waals surface area (Å²) in [5.41, 5.74) is 1.71. The Kier molecular flexibility index (Phi) is 6.35. The molecule has 0 unspecified atom stereocenters. The number of hydrogen-bond donors (Lipinski definition) is 3. The zero-order chi connectivity index (χ0) is 23.7. The van der Waals surface area contributed by atoms with E-state index in [4.69, 9.17) is 4.55 Å². The van der Waals surface area contributed by atoms with Crippen molar-refractivity contribution < 1.29 is 26.5 Å². The Labute approximate surface area is 185 Å². The summed E-state index contributed by atoms with van der Waals surface area (Å²) in [5.74, 6) is -0.870. The third-order valence-corrected chi connectivity index (χ3v) is 6.77. The van der Waals surface area contributed by atoms with Crippen LogP contribution in [0.15, 0.2) is 69.6 Å². The highest BCUT2D eigenvalue weighted by atomic mass is 32.2. The van der Waals surface area contributed by atoms with E-state index in [0.717, 1.165) is 11.0 Å². The fourth-order valence-corrected chi connectivity index (χ4v) is 4.27. The fraction of sp³-hybridized carbons (Fsp3) is 0.143. The Morgan fingerprint density at radius 3 is 2.41 bits per heavy atom.